The lowest BCUT2D eigenvalue weighted by Crippen LogP contribution is -2.14. The van der Waals surface area contributed by atoms with Crippen molar-refractivity contribution in [3.63, 3.8) is 0 Å². The Labute approximate surface area is 67.3 Å². The lowest BCUT2D eigenvalue weighted by Gasteiger charge is -2.14. The van der Waals surface area contributed by atoms with E-state index >= 15 is 0 Å². The van der Waals surface area contributed by atoms with E-state index < -0.39 is 11.7 Å². The van der Waals surface area contributed by atoms with E-state index in [9.17, 15) is 13.2 Å². The fourth-order valence-electron chi connectivity index (χ4n) is 0.912. The standard InChI is InChI=1S/C7H6ClF3/c8-6-4-2-1-3-5(6)7(9,10)11/h2,4H,1,3H2. The molecule has 0 saturated carbocycles. The Morgan fingerprint density at radius 3 is 2.36 bits per heavy atom. The molecule has 0 spiro atoms. The summed E-state index contributed by atoms with van der Waals surface area (Å²) in [7, 11) is 0. The maximum Gasteiger partial charge on any atom is 0.414 e. The van der Waals surface area contributed by atoms with Crippen LogP contribution < -0.4 is 0 Å². The zero-order valence-corrected chi connectivity index (χ0v) is 6.34. The summed E-state index contributed by atoms with van der Waals surface area (Å²) in [6.45, 7) is 0. The molecular formula is C7H6ClF3. The van der Waals surface area contributed by atoms with Crippen LogP contribution in [0.25, 0.3) is 0 Å². The minimum atomic E-state index is -4.26. The fraction of sp³-hybridized carbons (Fsp3) is 0.429. The summed E-state index contributed by atoms with van der Waals surface area (Å²) in [6.07, 6.45) is -0.906. The largest absolute Gasteiger partial charge is 0.414 e. The van der Waals surface area contributed by atoms with Gasteiger partial charge in [-0.1, -0.05) is 17.7 Å². The summed E-state index contributed by atoms with van der Waals surface area (Å²) in [5.41, 5.74) is -0.610. The summed E-state index contributed by atoms with van der Waals surface area (Å²) in [6, 6.07) is 0. The molecule has 0 atom stereocenters. The molecule has 0 heterocycles. The first kappa shape index (κ1) is 8.65. The summed E-state index contributed by atoms with van der Waals surface area (Å²) < 4.78 is 36.0. The minimum Gasteiger partial charge on any atom is -0.166 e. The first-order valence-electron chi connectivity index (χ1n) is 3.14. The molecule has 0 saturated heterocycles. The van der Waals surface area contributed by atoms with Gasteiger partial charge >= 0.3 is 6.18 Å². The van der Waals surface area contributed by atoms with Crippen LogP contribution in [0.1, 0.15) is 12.8 Å². The van der Waals surface area contributed by atoms with Gasteiger partial charge in [0.05, 0.1) is 5.57 Å². The zero-order chi connectivity index (χ0) is 8.48. The van der Waals surface area contributed by atoms with Gasteiger partial charge in [0.25, 0.3) is 0 Å². The molecule has 4 heteroatoms. The van der Waals surface area contributed by atoms with Crippen LogP contribution in [0, 0.1) is 0 Å². The molecule has 0 bridgehead atoms. The Hall–Kier alpha value is -0.440. The number of halogens is 4. The molecule has 0 aliphatic heterocycles. The number of hydrogen-bond acceptors (Lipinski definition) is 0. The number of hydrogen-bond donors (Lipinski definition) is 0. The molecule has 1 rings (SSSR count). The summed E-state index contributed by atoms with van der Waals surface area (Å²) in [5, 5.41) is -0.177. The molecule has 0 amide bonds. The number of alkyl halides is 3. The highest BCUT2D eigenvalue weighted by Crippen LogP contribution is 2.35. The molecule has 0 N–H and O–H groups in total. The van der Waals surface area contributed by atoms with Gasteiger partial charge in [-0.05, 0) is 18.9 Å². The second-order valence-electron chi connectivity index (χ2n) is 2.27. The lowest BCUT2D eigenvalue weighted by atomic mass is 10.1. The van der Waals surface area contributed by atoms with Crippen LogP contribution in [0.3, 0.4) is 0 Å². The van der Waals surface area contributed by atoms with Gasteiger partial charge in [-0.2, -0.15) is 13.2 Å². The first-order chi connectivity index (χ1) is 5.02. The molecule has 0 nitrogen and oxygen atoms in total. The average Bonchev–Trinajstić information content (AvgIpc) is 1.86. The fourth-order valence-corrected chi connectivity index (χ4v) is 1.20. The third-order valence-electron chi connectivity index (χ3n) is 1.46. The number of allylic oxidation sites excluding steroid dienone is 4. The van der Waals surface area contributed by atoms with E-state index in [1.807, 2.05) is 0 Å². The van der Waals surface area contributed by atoms with E-state index in [2.05, 4.69) is 0 Å². The quantitative estimate of drug-likeness (QED) is 0.539. The van der Waals surface area contributed by atoms with Crippen molar-refractivity contribution >= 4 is 11.6 Å². The van der Waals surface area contributed by atoms with Crippen LogP contribution >= 0.6 is 11.6 Å². The van der Waals surface area contributed by atoms with Crippen molar-refractivity contribution in [2.75, 3.05) is 0 Å². The smallest absolute Gasteiger partial charge is 0.166 e. The van der Waals surface area contributed by atoms with Crippen molar-refractivity contribution in [1.29, 1.82) is 0 Å². The molecule has 1 aliphatic rings. The maximum absolute atomic E-state index is 12.0. The van der Waals surface area contributed by atoms with E-state index in [0.29, 0.717) is 6.42 Å². The second-order valence-corrected chi connectivity index (χ2v) is 2.67. The van der Waals surface area contributed by atoms with Crippen molar-refractivity contribution in [3.8, 4) is 0 Å². The zero-order valence-electron chi connectivity index (χ0n) is 5.58. The molecule has 0 unspecified atom stereocenters. The van der Waals surface area contributed by atoms with Gasteiger partial charge in [-0.15, -0.1) is 0 Å². The van der Waals surface area contributed by atoms with Gasteiger partial charge in [0.15, 0.2) is 0 Å². The lowest BCUT2D eigenvalue weighted by molar-refractivity contribution is -0.0943. The maximum atomic E-state index is 12.0. The Morgan fingerprint density at radius 1 is 1.36 bits per heavy atom. The van der Waals surface area contributed by atoms with Gasteiger partial charge in [0, 0.05) is 5.03 Å². The van der Waals surface area contributed by atoms with Gasteiger partial charge in [0.2, 0.25) is 0 Å². The highest BCUT2D eigenvalue weighted by molar-refractivity contribution is 6.31. The van der Waals surface area contributed by atoms with E-state index in [-0.39, 0.29) is 11.5 Å². The predicted octanol–water partition coefficient (Wildman–Crippen LogP) is 3.39. The van der Waals surface area contributed by atoms with E-state index in [1.165, 1.54) is 6.08 Å². The van der Waals surface area contributed by atoms with Crippen LogP contribution in [0.4, 0.5) is 13.2 Å². The monoisotopic (exact) mass is 182 g/mol. The third kappa shape index (κ3) is 1.99. The molecule has 0 aromatic carbocycles. The van der Waals surface area contributed by atoms with Crippen LogP contribution in [0.2, 0.25) is 0 Å². The predicted molar refractivity (Wildman–Crippen MR) is 37.3 cm³/mol. The Morgan fingerprint density at radius 2 is 2.00 bits per heavy atom. The third-order valence-corrected chi connectivity index (χ3v) is 1.81. The molecule has 11 heavy (non-hydrogen) atoms. The van der Waals surface area contributed by atoms with E-state index in [1.54, 1.807) is 6.08 Å². The highest BCUT2D eigenvalue weighted by atomic mass is 35.5. The van der Waals surface area contributed by atoms with Gasteiger partial charge < -0.3 is 0 Å². The normalized spacial score (nSPS) is 19.3. The van der Waals surface area contributed by atoms with Gasteiger partial charge in [-0.3, -0.25) is 0 Å². The minimum absolute atomic E-state index is 0.00116. The summed E-state index contributed by atoms with van der Waals surface area (Å²) in [5.74, 6) is 0. The Balaban J connectivity index is 2.93. The number of rotatable bonds is 0. The summed E-state index contributed by atoms with van der Waals surface area (Å²) in [4.78, 5) is 0. The Bertz CT molecular complexity index is 212. The molecule has 62 valence electrons. The van der Waals surface area contributed by atoms with Crippen LogP contribution in [-0.4, -0.2) is 6.18 Å². The second kappa shape index (κ2) is 2.89. The highest BCUT2D eigenvalue weighted by Gasteiger charge is 2.35. The molecular weight excluding hydrogens is 177 g/mol. The molecule has 0 aromatic heterocycles. The van der Waals surface area contributed by atoms with Gasteiger partial charge in [0.1, 0.15) is 0 Å². The van der Waals surface area contributed by atoms with Crippen LogP contribution in [-0.2, 0) is 0 Å². The van der Waals surface area contributed by atoms with Crippen molar-refractivity contribution < 1.29 is 13.2 Å². The average molecular weight is 183 g/mol. The SMILES string of the molecule is FC(F)(F)C1=C(Cl)C=CCC1. The molecule has 0 aromatic rings. The summed E-state index contributed by atoms with van der Waals surface area (Å²) >= 11 is 5.34. The Kier molecular flexibility index (Phi) is 2.28. The van der Waals surface area contributed by atoms with Crippen molar-refractivity contribution in [1.82, 2.24) is 0 Å². The first-order valence-corrected chi connectivity index (χ1v) is 3.52. The van der Waals surface area contributed by atoms with Crippen LogP contribution in [0.15, 0.2) is 22.8 Å². The van der Waals surface area contributed by atoms with Crippen molar-refractivity contribution in [2.24, 2.45) is 0 Å². The molecule has 1 aliphatic carbocycles. The van der Waals surface area contributed by atoms with Crippen LogP contribution in [0.5, 0.6) is 0 Å². The topological polar surface area (TPSA) is 0 Å². The molecule has 0 radical (unpaired) electrons. The molecule has 0 fully saturated rings. The van der Waals surface area contributed by atoms with E-state index in [4.69, 9.17) is 11.6 Å². The van der Waals surface area contributed by atoms with Crippen molar-refractivity contribution in [3.05, 3.63) is 22.8 Å². The van der Waals surface area contributed by atoms with Gasteiger partial charge in [-0.25, -0.2) is 0 Å². The van der Waals surface area contributed by atoms with E-state index in [0.717, 1.165) is 0 Å². The van der Waals surface area contributed by atoms with Crippen molar-refractivity contribution in [2.45, 2.75) is 19.0 Å².